The summed E-state index contributed by atoms with van der Waals surface area (Å²) < 4.78 is 10.3. The highest BCUT2D eigenvalue weighted by molar-refractivity contribution is 6.09. The van der Waals surface area contributed by atoms with Crippen molar-refractivity contribution in [1.82, 2.24) is 15.5 Å². The predicted octanol–water partition coefficient (Wildman–Crippen LogP) is 2.18. The Morgan fingerprint density at radius 1 is 1.07 bits per heavy atom. The third kappa shape index (κ3) is 4.07. The zero-order valence-electron chi connectivity index (χ0n) is 17.2. The van der Waals surface area contributed by atoms with E-state index in [2.05, 4.69) is 10.6 Å². The van der Waals surface area contributed by atoms with E-state index in [1.54, 1.807) is 44.6 Å². The minimum Gasteiger partial charge on any atom is -0.497 e. The molecule has 30 heavy (non-hydrogen) atoms. The monoisotopic (exact) mass is 411 g/mol. The summed E-state index contributed by atoms with van der Waals surface area (Å²) in [7, 11) is 3.12. The Balaban J connectivity index is 1.69. The van der Waals surface area contributed by atoms with Gasteiger partial charge in [-0.1, -0.05) is 31.2 Å². The zero-order chi connectivity index (χ0) is 21.7. The van der Waals surface area contributed by atoms with E-state index in [1.165, 1.54) is 0 Å². The molecule has 0 spiro atoms. The minimum absolute atomic E-state index is 0.261. The van der Waals surface area contributed by atoms with Gasteiger partial charge in [0.25, 0.3) is 5.91 Å². The van der Waals surface area contributed by atoms with Gasteiger partial charge < -0.3 is 20.1 Å². The molecule has 0 aromatic heterocycles. The molecule has 2 N–H and O–H groups in total. The van der Waals surface area contributed by atoms with E-state index in [4.69, 9.17) is 9.47 Å². The maximum absolute atomic E-state index is 13.1. The van der Waals surface area contributed by atoms with E-state index in [0.29, 0.717) is 23.5 Å². The number of rotatable bonds is 8. The lowest BCUT2D eigenvalue weighted by Gasteiger charge is -2.26. The van der Waals surface area contributed by atoms with Crippen molar-refractivity contribution in [3.63, 3.8) is 0 Å². The molecule has 1 heterocycles. The molecular formula is C22H25N3O5. The SMILES string of the molecule is CC[C@]1(c2ccc(OC)cc2)NC(=O)N(CC(=O)NCc2cccc(OC)c2)C1=O. The number of urea groups is 1. The lowest BCUT2D eigenvalue weighted by molar-refractivity contribution is -0.135. The fourth-order valence-corrected chi connectivity index (χ4v) is 3.47. The van der Waals surface area contributed by atoms with Crippen LogP contribution in [0.4, 0.5) is 4.79 Å². The summed E-state index contributed by atoms with van der Waals surface area (Å²) in [6, 6.07) is 13.6. The summed E-state index contributed by atoms with van der Waals surface area (Å²) in [6.45, 7) is 1.72. The first-order chi connectivity index (χ1) is 14.4. The van der Waals surface area contributed by atoms with Crippen LogP contribution in [0.5, 0.6) is 11.5 Å². The number of nitrogens with zero attached hydrogens (tertiary/aromatic N) is 1. The number of hydrogen-bond donors (Lipinski definition) is 2. The minimum atomic E-state index is -1.20. The van der Waals surface area contributed by atoms with Gasteiger partial charge in [0.05, 0.1) is 14.2 Å². The molecule has 0 saturated carbocycles. The Labute approximate surface area is 175 Å². The van der Waals surface area contributed by atoms with Crippen LogP contribution >= 0.6 is 0 Å². The van der Waals surface area contributed by atoms with Crippen molar-refractivity contribution in [2.75, 3.05) is 20.8 Å². The molecular weight excluding hydrogens is 386 g/mol. The molecule has 0 bridgehead atoms. The van der Waals surface area contributed by atoms with Gasteiger partial charge in [0.1, 0.15) is 23.6 Å². The molecule has 1 saturated heterocycles. The molecule has 1 fully saturated rings. The number of carbonyl (C=O) groups is 3. The Morgan fingerprint density at radius 3 is 2.40 bits per heavy atom. The van der Waals surface area contributed by atoms with Crippen LogP contribution in [0.15, 0.2) is 48.5 Å². The van der Waals surface area contributed by atoms with Crippen molar-refractivity contribution in [3.05, 3.63) is 59.7 Å². The molecule has 3 rings (SSSR count). The molecule has 0 radical (unpaired) electrons. The normalized spacial score (nSPS) is 18.2. The lowest BCUT2D eigenvalue weighted by atomic mass is 9.87. The van der Waals surface area contributed by atoms with Crippen molar-refractivity contribution < 1.29 is 23.9 Å². The summed E-state index contributed by atoms with van der Waals surface area (Å²) >= 11 is 0. The molecule has 0 unspecified atom stereocenters. The van der Waals surface area contributed by atoms with Gasteiger partial charge >= 0.3 is 6.03 Å². The Morgan fingerprint density at radius 2 is 1.77 bits per heavy atom. The number of hydrogen-bond acceptors (Lipinski definition) is 5. The smallest absolute Gasteiger partial charge is 0.325 e. The summed E-state index contributed by atoms with van der Waals surface area (Å²) in [6.07, 6.45) is 0.353. The van der Waals surface area contributed by atoms with Gasteiger partial charge in [-0.05, 0) is 41.8 Å². The van der Waals surface area contributed by atoms with Gasteiger partial charge in [0.2, 0.25) is 5.91 Å². The van der Waals surface area contributed by atoms with E-state index >= 15 is 0 Å². The topological polar surface area (TPSA) is 97.0 Å². The number of methoxy groups -OCH3 is 2. The van der Waals surface area contributed by atoms with E-state index in [9.17, 15) is 14.4 Å². The largest absolute Gasteiger partial charge is 0.497 e. The highest BCUT2D eigenvalue weighted by atomic mass is 16.5. The van der Waals surface area contributed by atoms with Crippen LogP contribution in [0.3, 0.4) is 0 Å². The van der Waals surface area contributed by atoms with Crippen LogP contribution in [0, 0.1) is 0 Å². The van der Waals surface area contributed by atoms with E-state index < -0.39 is 23.4 Å². The van der Waals surface area contributed by atoms with E-state index in [-0.39, 0.29) is 13.1 Å². The predicted molar refractivity (Wildman–Crippen MR) is 110 cm³/mol. The molecule has 8 heteroatoms. The number of nitrogens with one attached hydrogen (secondary N) is 2. The zero-order valence-corrected chi connectivity index (χ0v) is 17.2. The van der Waals surface area contributed by atoms with Gasteiger partial charge in [-0.25, -0.2) is 4.79 Å². The fraction of sp³-hybridized carbons (Fsp3) is 0.318. The highest BCUT2D eigenvalue weighted by Gasteiger charge is 2.51. The van der Waals surface area contributed by atoms with Crippen molar-refractivity contribution in [1.29, 1.82) is 0 Å². The van der Waals surface area contributed by atoms with Crippen LogP contribution in [-0.4, -0.2) is 43.5 Å². The first kappa shape index (κ1) is 21.2. The maximum atomic E-state index is 13.1. The average Bonchev–Trinajstić information content (AvgIpc) is 3.03. The second-order valence-corrected chi connectivity index (χ2v) is 6.94. The lowest BCUT2D eigenvalue weighted by Crippen LogP contribution is -2.44. The van der Waals surface area contributed by atoms with Crippen LogP contribution in [0.2, 0.25) is 0 Å². The molecule has 0 aliphatic carbocycles. The van der Waals surface area contributed by atoms with Gasteiger partial charge in [-0.15, -0.1) is 0 Å². The first-order valence-electron chi connectivity index (χ1n) is 9.61. The van der Waals surface area contributed by atoms with Crippen LogP contribution in [-0.2, 0) is 21.7 Å². The Kier molecular flexibility index (Phi) is 6.25. The molecule has 1 aliphatic rings. The number of benzene rings is 2. The summed E-state index contributed by atoms with van der Waals surface area (Å²) in [5.41, 5.74) is 0.292. The second kappa shape index (κ2) is 8.86. The maximum Gasteiger partial charge on any atom is 0.325 e. The number of ether oxygens (including phenoxy) is 2. The molecule has 2 aromatic rings. The van der Waals surface area contributed by atoms with Gasteiger partial charge in [0.15, 0.2) is 0 Å². The molecule has 1 atom stereocenters. The van der Waals surface area contributed by atoms with Crippen molar-refractivity contribution in [3.8, 4) is 11.5 Å². The van der Waals surface area contributed by atoms with Crippen LogP contribution < -0.4 is 20.1 Å². The Hall–Kier alpha value is -3.55. The van der Waals surface area contributed by atoms with Crippen LogP contribution in [0.1, 0.15) is 24.5 Å². The second-order valence-electron chi connectivity index (χ2n) is 6.94. The average molecular weight is 411 g/mol. The van der Waals surface area contributed by atoms with Gasteiger partial charge in [-0.3, -0.25) is 14.5 Å². The third-order valence-electron chi connectivity index (χ3n) is 5.21. The fourth-order valence-electron chi connectivity index (χ4n) is 3.47. The van der Waals surface area contributed by atoms with Crippen LogP contribution in [0.25, 0.3) is 0 Å². The quantitative estimate of drug-likeness (QED) is 0.649. The Bertz CT molecular complexity index is 944. The van der Waals surface area contributed by atoms with Crippen molar-refractivity contribution in [2.45, 2.75) is 25.4 Å². The number of amides is 4. The van der Waals surface area contributed by atoms with E-state index in [0.717, 1.165) is 10.5 Å². The summed E-state index contributed by atoms with van der Waals surface area (Å²) in [5, 5.41) is 5.50. The van der Waals surface area contributed by atoms with Gasteiger partial charge in [0, 0.05) is 6.54 Å². The third-order valence-corrected chi connectivity index (χ3v) is 5.21. The summed E-state index contributed by atoms with van der Waals surface area (Å²) in [5.74, 6) is 0.457. The highest BCUT2D eigenvalue weighted by Crippen LogP contribution is 2.33. The molecule has 158 valence electrons. The molecule has 2 aromatic carbocycles. The summed E-state index contributed by atoms with van der Waals surface area (Å²) in [4.78, 5) is 39.0. The molecule has 1 aliphatic heterocycles. The van der Waals surface area contributed by atoms with Crippen molar-refractivity contribution in [2.24, 2.45) is 0 Å². The van der Waals surface area contributed by atoms with E-state index in [1.807, 2.05) is 25.1 Å². The standard InChI is InChI=1S/C22H25N3O5/c1-4-22(16-8-10-17(29-2)11-9-16)20(27)25(21(28)24-22)14-19(26)23-13-15-6-5-7-18(12-15)30-3/h5-12H,4,13-14H2,1-3H3,(H,23,26)(H,24,28)/t22-/m1/s1. The van der Waals surface area contributed by atoms with Crippen molar-refractivity contribution >= 4 is 17.8 Å². The van der Waals surface area contributed by atoms with Gasteiger partial charge in [-0.2, -0.15) is 0 Å². The molecule has 4 amide bonds. The number of carbonyl (C=O) groups excluding carboxylic acids is 3. The first-order valence-corrected chi connectivity index (χ1v) is 9.61. The number of imide groups is 1. The molecule has 8 nitrogen and oxygen atoms in total.